The molecule has 2 aromatic heterocycles. The first kappa shape index (κ1) is 17.1. The van der Waals surface area contributed by atoms with Crippen molar-refractivity contribution in [2.75, 3.05) is 19.5 Å². The van der Waals surface area contributed by atoms with Crippen molar-refractivity contribution in [3.05, 3.63) is 15.4 Å². The summed E-state index contributed by atoms with van der Waals surface area (Å²) in [5, 5.41) is 8.98. The zero-order valence-electron chi connectivity index (χ0n) is 13.0. The van der Waals surface area contributed by atoms with E-state index in [4.69, 9.17) is 15.2 Å². The standard InChI is InChI=1S/C13H16N4O5S2/c1-5-9-10(16-12(14)15-5)17(13(20)24-9)11-6(3-7(19)21-2)23-8(4-18)22-11/h6,8,11,18H,3-4H2,1-2H3,(H2,14,15,16)/t6-,8+,11+/m1/s1. The van der Waals surface area contributed by atoms with Gasteiger partial charge in [0.25, 0.3) is 0 Å². The SMILES string of the molecule is COC(=O)C[C@H]1S[C@@H](CO)O[C@@H]1n1c(=O)sc2c(C)nc(N)nc21. The van der Waals surface area contributed by atoms with Crippen molar-refractivity contribution in [2.45, 2.75) is 30.3 Å². The van der Waals surface area contributed by atoms with Gasteiger partial charge in [0.2, 0.25) is 5.95 Å². The number of rotatable bonds is 4. The number of thioether (sulfide) groups is 1. The second kappa shape index (κ2) is 6.67. The van der Waals surface area contributed by atoms with E-state index in [1.807, 2.05) is 0 Å². The Morgan fingerprint density at radius 2 is 2.25 bits per heavy atom. The third-order valence-electron chi connectivity index (χ3n) is 3.58. The molecule has 24 heavy (non-hydrogen) atoms. The van der Waals surface area contributed by atoms with Crippen LogP contribution in [-0.4, -0.2) is 50.0 Å². The van der Waals surface area contributed by atoms with Crippen LogP contribution in [0.15, 0.2) is 4.79 Å². The number of aliphatic hydroxyl groups is 1. The molecule has 0 saturated carbocycles. The highest BCUT2D eigenvalue weighted by Crippen LogP contribution is 2.41. The largest absolute Gasteiger partial charge is 0.469 e. The lowest BCUT2D eigenvalue weighted by atomic mass is 10.2. The summed E-state index contributed by atoms with van der Waals surface area (Å²) in [4.78, 5) is 32.1. The number of anilines is 1. The van der Waals surface area contributed by atoms with Gasteiger partial charge in [-0.1, -0.05) is 11.3 Å². The number of aryl methyl sites for hydroxylation is 1. The minimum atomic E-state index is -0.749. The van der Waals surface area contributed by atoms with Gasteiger partial charge in [-0.25, -0.2) is 4.98 Å². The summed E-state index contributed by atoms with van der Waals surface area (Å²) >= 11 is 2.28. The maximum Gasteiger partial charge on any atom is 0.311 e. The molecule has 3 rings (SSSR count). The fraction of sp³-hybridized carbons (Fsp3) is 0.538. The summed E-state index contributed by atoms with van der Waals surface area (Å²) in [5.74, 6) is -0.363. The first-order chi connectivity index (χ1) is 11.4. The van der Waals surface area contributed by atoms with Crippen LogP contribution >= 0.6 is 23.1 Å². The highest BCUT2D eigenvalue weighted by atomic mass is 32.2. The quantitative estimate of drug-likeness (QED) is 0.726. The van der Waals surface area contributed by atoms with E-state index in [-0.39, 0.29) is 29.1 Å². The summed E-state index contributed by atoms with van der Waals surface area (Å²) in [6.07, 6.45) is -0.702. The van der Waals surface area contributed by atoms with Crippen LogP contribution in [-0.2, 0) is 14.3 Å². The number of thiazole rings is 1. The Morgan fingerprint density at radius 1 is 1.50 bits per heavy atom. The van der Waals surface area contributed by atoms with E-state index in [0.29, 0.717) is 16.0 Å². The van der Waals surface area contributed by atoms with Gasteiger partial charge in [0.15, 0.2) is 11.9 Å². The lowest BCUT2D eigenvalue weighted by Gasteiger charge is -2.18. The molecule has 1 saturated heterocycles. The van der Waals surface area contributed by atoms with Crippen molar-refractivity contribution in [3.8, 4) is 0 Å². The van der Waals surface area contributed by atoms with E-state index in [1.54, 1.807) is 6.92 Å². The van der Waals surface area contributed by atoms with Crippen molar-refractivity contribution in [3.63, 3.8) is 0 Å². The Labute approximate surface area is 144 Å². The van der Waals surface area contributed by atoms with Crippen LogP contribution in [0.3, 0.4) is 0 Å². The average Bonchev–Trinajstić information content (AvgIpc) is 3.07. The van der Waals surface area contributed by atoms with Crippen LogP contribution < -0.4 is 10.6 Å². The molecule has 0 spiro atoms. The van der Waals surface area contributed by atoms with Gasteiger partial charge in [-0.2, -0.15) is 4.98 Å². The molecule has 0 radical (unpaired) electrons. The van der Waals surface area contributed by atoms with E-state index in [1.165, 1.54) is 23.4 Å². The summed E-state index contributed by atoms with van der Waals surface area (Å²) in [6, 6.07) is 0. The van der Waals surface area contributed by atoms with E-state index in [0.717, 1.165) is 11.3 Å². The first-order valence-corrected chi connectivity index (χ1v) is 8.84. The van der Waals surface area contributed by atoms with E-state index < -0.39 is 17.6 Å². The predicted molar refractivity (Wildman–Crippen MR) is 89.8 cm³/mol. The van der Waals surface area contributed by atoms with Gasteiger partial charge < -0.3 is 20.3 Å². The smallest absolute Gasteiger partial charge is 0.311 e. The number of carbonyl (C=O) groups excluding carboxylic acids is 1. The van der Waals surface area contributed by atoms with Crippen molar-refractivity contribution < 1.29 is 19.4 Å². The van der Waals surface area contributed by atoms with Gasteiger partial charge in [0.05, 0.1) is 35.8 Å². The highest BCUT2D eigenvalue weighted by molar-refractivity contribution is 8.00. The molecule has 0 aromatic carbocycles. The molecule has 0 aliphatic carbocycles. The van der Waals surface area contributed by atoms with Crippen LogP contribution in [0.1, 0.15) is 18.3 Å². The maximum absolute atomic E-state index is 12.5. The molecule has 11 heteroatoms. The van der Waals surface area contributed by atoms with Gasteiger partial charge in [-0.05, 0) is 6.92 Å². The average molecular weight is 372 g/mol. The first-order valence-electron chi connectivity index (χ1n) is 7.08. The maximum atomic E-state index is 12.5. The number of ether oxygens (including phenoxy) is 2. The van der Waals surface area contributed by atoms with Crippen molar-refractivity contribution in [2.24, 2.45) is 0 Å². The van der Waals surface area contributed by atoms with Crippen LogP contribution in [0.5, 0.6) is 0 Å². The molecule has 9 nitrogen and oxygen atoms in total. The lowest BCUT2D eigenvalue weighted by molar-refractivity contribution is -0.141. The summed E-state index contributed by atoms with van der Waals surface area (Å²) in [7, 11) is 1.30. The number of nitrogen functional groups attached to an aromatic ring is 1. The molecule has 0 bridgehead atoms. The predicted octanol–water partition coefficient (Wildman–Crippen LogP) is 0.256. The molecule has 1 aliphatic rings. The van der Waals surface area contributed by atoms with E-state index in [2.05, 4.69) is 9.97 Å². The number of esters is 1. The molecule has 0 amide bonds. The summed E-state index contributed by atoms with van der Waals surface area (Å²) < 4.78 is 12.5. The Balaban J connectivity index is 2.08. The Kier molecular flexibility index (Phi) is 4.76. The highest BCUT2D eigenvalue weighted by Gasteiger charge is 2.40. The van der Waals surface area contributed by atoms with Gasteiger partial charge >= 0.3 is 10.8 Å². The van der Waals surface area contributed by atoms with Crippen molar-refractivity contribution in [1.29, 1.82) is 0 Å². The van der Waals surface area contributed by atoms with Crippen LogP contribution in [0.4, 0.5) is 5.95 Å². The number of hydrogen-bond donors (Lipinski definition) is 2. The van der Waals surface area contributed by atoms with Crippen molar-refractivity contribution in [1.82, 2.24) is 14.5 Å². The summed E-state index contributed by atoms with van der Waals surface area (Å²) in [6.45, 7) is 1.51. The van der Waals surface area contributed by atoms with Gasteiger partial charge in [0.1, 0.15) is 5.44 Å². The molecular weight excluding hydrogens is 356 g/mol. The third kappa shape index (κ3) is 2.99. The van der Waals surface area contributed by atoms with Gasteiger partial charge in [-0.15, -0.1) is 11.8 Å². The Morgan fingerprint density at radius 3 is 2.92 bits per heavy atom. The van der Waals surface area contributed by atoms with Gasteiger partial charge in [-0.3, -0.25) is 14.2 Å². The number of nitrogens with zero attached hydrogens (tertiary/aromatic N) is 3. The number of fused-ring (bicyclic) bond motifs is 1. The Bertz CT molecular complexity index is 836. The molecule has 3 N–H and O–H groups in total. The Hall–Kier alpha value is -1.69. The summed E-state index contributed by atoms with van der Waals surface area (Å²) in [5.41, 5.74) is 6.14. The van der Waals surface area contributed by atoms with Gasteiger partial charge in [0, 0.05) is 0 Å². The molecule has 1 fully saturated rings. The zero-order chi connectivity index (χ0) is 17.4. The fourth-order valence-electron chi connectivity index (χ4n) is 2.55. The van der Waals surface area contributed by atoms with Crippen molar-refractivity contribution >= 4 is 45.4 Å². The second-order valence-electron chi connectivity index (χ2n) is 5.15. The molecule has 1 aliphatic heterocycles. The number of hydrogen-bond acceptors (Lipinski definition) is 10. The minimum absolute atomic E-state index is 0.0473. The molecule has 2 aromatic rings. The number of nitrogens with two attached hydrogens (primary N) is 1. The minimum Gasteiger partial charge on any atom is -0.469 e. The monoisotopic (exact) mass is 372 g/mol. The molecule has 0 unspecified atom stereocenters. The number of aromatic nitrogens is 3. The zero-order valence-corrected chi connectivity index (χ0v) is 14.6. The number of aliphatic hydroxyl groups excluding tert-OH is 1. The molecule has 3 atom stereocenters. The third-order valence-corrected chi connectivity index (χ3v) is 5.95. The van der Waals surface area contributed by atoms with Crippen LogP contribution in [0, 0.1) is 6.92 Å². The molecule has 130 valence electrons. The number of methoxy groups -OCH3 is 1. The van der Waals surface area contributed by atoms with Crippen LogP contribution in [0.25, 0.3) is 10.3 Å². The van der Waals surface area contributed by atoms with E-state index >= 15 is 0 Å². The van der Waals surface area contributed by atoms with Crippen LogP contribution in [0.2, 0.25) is 0 Å². The number of carbonyl (C=O) groups is 1. The molecular formula is C13H16N4O5S2. The van der Waals surface area contributed by atoms with E-state index in [9.17, 15) is 14.7 Å². The second-order valence-corrected chi connectivity index (χ2v) is 7.52. The normalized spacial score (nSPS) is 23.7. The topological polar surface area (TPSA) is 130 Å². The lowest BCUT2D eigenvalue weighted by Crippen LogP contribution is -2.28. The molecule has 3 heterocycles. The fourth-order valence-corrected chi connectivity index (χ4v) is 4.64.